The Morgan fingerprint density at radius 1 is 0.338 bits per heavy atom. The van der Waals surface area contributed by atoms with Crippen LogP contribution in [-0.4, -0.2) is 87.8 Å². The minimum absolute atomic E-state index is 0. The van der Waals surface area contributed by atoms with Crippen molar-refractivity contribution >= 4 is 94.1 Å². The number of pyridine rings is 6. The van der Waals surface area contributed by atoms with Crippen molar-refractivity contribution in [2.75, 3.05) is 0 Å². The summed E-state index contributed by atoms with van der Waals surface area (Å²) in [7, 11) is 0. The molecule has 10 aromatic carbocycles. The molecule has 0 bridgehead atoms. The zero-order valence-corrected chi connectivity index (χ0v) is 88.2. The van der Waals surface area contributed by atoms with Crippen LogP contribution in [0.3, 0.4) is 0 Å². The van der Waals surface area contributed by atoms with Gasteiger partial charge in [0.1, 0.15) is 5.15 Å². The van der Waals surface area contributed by atoms with Gasteiger partial charge in [0, 0.05) is 188 Å². The molecule has 0 saturated carbocycles. The van der Waals surface area contributed by atoms with Crippen molar-refractivity contribution in [3.63, 3.8) is 0 Å². The number of allylic oxidation sites excluding steroid dienone is 6. The van der Waals surface area contributed by atoms with E-state index in [9.17, 15) is 14.4 Å². The number of thiophene rings is 1. The first-order valence-electron chi connectivity index (χ1n) is 39.7. The monoisotopic (exact) mass is 2860 g/mol. The van der Waals surface area contributed by atoms with Crippen LogP contribution in [0.4, 0.5) is 0 Å². The Labute approximate surface area is 864 Å². The van der Waals surface area contributed by atoms with E-state index in [0.29, 0.717) is 5.15 Å². The van der Waals surface area contributed by atoms with Gasteiger partial charge in [0.2, 0.25) is 0 Å². The van der Waals surface area contributed by atoms with Crippen molar-refractivity contribution in [1.29, 1.82) is 0 Å². The van der Waals surface area contributed by atoms with Crippen molar-refractivity contribution in [3.05, 3.63) is 447 Å². The second kappa shape index (κ2) is 62.4. The van der Waals surface area contributed by atoms with Gasteiger partial charge in [-0.15, -0.1) is 183 Å². The van der Waals surface area contributed by atoms with Gasteiger partial charge in [0.25, 0.3) is 0 Å². The molecule has 0 aliphatic heterocycles. The van der Waals surface area contributed by atoms with Crippen molar-refractivity contribution in [1.82, 2.24) is 50.1 Å². The summed E-state index contributed by atoms with van der Waals surface area (Å²) in [6, 6.07) is 118. The number of carbonyl (C=O) groups excluding carboxylic acids is 3. The van der Waals surface area contributed by atoms with Crippen LogP contribution in [-0.2, 0) is 142 Å². The molecule has 0 spiro atoms. The first kappa shape index (κ1) is 113. The third-order valence-corrected chi connectivity index (χ3v) is 18.6. The molecule has 0 saturated heterocycles. The summed E-state index contributed by atoms with van der Waals surface area (Å²) in [5.74, 6) is -0.187. The number of benzene rings is 10. The first-order valence-corrected chi connectivity index (χ1v) is 41.0. The number of carbonyl (C=O) groups is 3. The molecule has 25 heteroatoms. The molecule has 0 aliphatic rings. The second-order valence-corrected chi connectivity index (χ2v) is 28.7. The topological polar surface area (TPSA) is 261 Å². The van der Waals surface area contributed by atoms with Gasteiger partial charge in [0.15, 0.2) is 17.3 Å². The van der Waals surface area contributed by atoms with E-state index in [1.54, 1.807) is 66.8 Å². The molecule has 17 nitrogen and oxygen atoms in total. The maximum atomic E-state index is 10.0. The quantitative estimate of drug-likeness (QED) is 0.0533. The zero-order chi connectivity index (χ0) is 89.8. The minimum Gasteiger partial charge on any atom is -0.512 e. The molecule has 6 radical (unpaired) electrons. The maximum Gasteiger partial charge on any atom is 0.155 e. The third-order valence-electron chi connectivity index (χ3n) is 17.5. The first-order chi connectivity index (χ1) is 61.8. The zero-order valence-electron chi connectivity index (χ0n) is 72.3. The Hall–Kier alpha value is -12.0. The average molecular weight is 2860 g/mol. The number of ketones is 3. The van der Waals surface area contributed by atoms with Crippen molar-refractivity contribution < 1.29 is 155 Å². The van der Waals surface area contributed by atoms with Gasteiger partial charge in [-0.2, -0.15) is 28.9 Å². The minimum atomic E-state index is -0.125. The number of halogens is 1. The number of hydrogen-bond acceptors (Lipinski definition) is 18. The van der Waals surface area contributed by atoms with E-state index >= 15 is 0 Å². The van der Waals surface area contributed by atoms with Crippen LogP contribution in [0.5, 0.6) is 0 Å². The molecule has 133 heavy (non-hydrogen) atoms. The normalized spacial score (nSPS) is 10.1. The number of aromatic nitrogens is 10. The second-order valence-electron chi connectivity index (χ2n) is 27.4. The van der Waals surface area contributed by atoms with Gasteiger partial charge in [-0.1, -0.05) is 179 Å². The number of fused-ring (bicyclic) bond motifs is 5. The van der Waals surface area contributed by atoms with E-state index in [4.69, 9.17) is 32.0 Å². The van der Waals surface area contributed by atoms with Crippen LogP contribution in [0, 0.1) is 42.5 Å². The van der Waals surface area contributed by atoms with Gasteiger partial charge in [-0.3, -0.25) is 24.4 Å². The fourth-order valence-electron chi connectivity index (χ4n) is 12.0. The van der Waals surface area contributed by atoms with Crippen LogP contribution in [0.2, 0.25) is 5.15 Å². The van der Waals surface area contributed by atoms with Crippen LogP contribution in [0.25, 0.3) is 132 Å². The van der Waals surface area contributed by atoms with E-state index in [1.807, 2.05) is 188 Å². The molecule has 0 amide bonds. The van der Waals surface area contributed by atoms with Crippen molar-refractivity contribution in [2.24, 2.45) is 0 Å². The molecule has 0 aliphatic carbocycles. The van der Waals surface area contributed by atoms with Crippen LogP contribution >= 0.6 is 22.9 Å². The molecule has 0 fully saturated rings. The predicted octanol–water partition coefficient (Wildman–Crippen LogP) is 25.1. The number of aliphatic hydroxyl groups excluding tert-OH is 4. The molecule has 9 heterocycles. The molecule has 4 N–H and O–H groups in total. The summed E-state index contributed by atoms with van der Waals surface area (Å²) in [6.45, 7) is 8.59. The number of hydrogen-bond donors (Lipinski definition) is 4. The predicted molar refractivity (Wildman–Crippen MR) is 510 cm³/mol. The van der Waals surface area contributed by atoms with Crippen molar-refractivity contribution in [3.8, 4) is 78.1 Å². The fraction of sp³-hybridized carbons (Fsp3) is 0.0648. The van der Waals surface area contributed by atoms with E-state index < -0.39 is 0 Å². The number of aliphatic hydroxyl groups is 4. The van der Waals surface area contributed by atoms with Crippen LogP contribution in [0.1, 0.15) is 47.1 Å². The fourth-order valence-corrected chi connectivity index (χ4v) is 12.8. The molecule has 19 rings (SSSR count). The van der Waals surface area contributed by atoms with Gasteiger partial charge < -0.3 is 50.3 Å². The van der Waals surface area contributed by atoms with E-state index in [-0.39, 0.29) is 162 Å². The summed E-state index contributed by atoms with van der Waals surface area (Å²) in [5, 5.41) is 56.0. The Bertz CT molecular complexity index is 6500. The smallest absolute Gasteiger partial charge is 0.155 e. The summed E-state index contributed by atoms with van der Waals surface area (Å²) in [5.41, 5.74) is 13.3. The Morgan fingerprint density at radius 3 is 1.31 bits per heavy atom. The van der Waals surface area contributed by atoms with E-state index in [2.05, 4.69) is 208 Å². The molecule has 684 valence electrons. The van der Waals surface area contributed by atoms with Crippen molar-refractivity contribution in [2.45, 2.75) is 48.1 Å². The Balaban J connectivity index is 0.000000313. The summed E-state index contributed by atoms with van der Waals surface area (Å²) in [4.78, 5) is 65.2. The van der Waals surface area contributed by atoms with E-state index in [1.165, 1.54) is 103 Å². The standard InChI is InChI=1S/2C19H12N.C14H9N2.C12H10NO.C11H8N.C10H6ClN2.C8H5N2S.3C5H8O2.6Ir/c1-2-8-16-13-20-19(12-15(16)7-1)18-11-5-9-14-6-3-4-10-17(14)18;1-2-7-16-13-17(10-9-14(16)5-1)19-18-8-4-3-6-15(18)11-12-20-19;1-2-4-13-11(3-1)7-10-16-14(13)12-5-8-15-9-6-12;14-9-10-6-7-13-12(8-10)11-4-2-1-3-5-11;1-2-6-10(7-3-1)11-8-4-5-9-12-11;11-10-7-6-9(12-13-10)8-4-2-1-3-5-8;1-2-8(11-5-1)7-6-9-3-4-10-7;3*1-4(6)3-5(2)7;;;;;;/h1-10,12-13H;1-9,11-13H;1-5,7-10H;1-4,6-8,14H,9H2;1-6,8-9H;1-4,6-7H;1,3-6H;3*3,6H,1-2H3;;;;;;/q7*-1;;;;;;;;;. The number of rotatable bonds is 11. The summed E-state index contributed by atoms with van der Waals surface area (Å²) < 4.78 is 0. The molecular weight excluding hydrogens is 2770 g/mol. The van der Waals surface area contributed by atoms with Gasteiger partial charge in [-0.05, 0) is 163 Å². The number of nitrogens with zero attached hydrogens (tertiary/aromatic N) is 10. The SMILES string of the molecule is CC(=O)C=C(C)O.CC(=O)C=C(C)O.CC(=O)C=C(C)O.Clc1ccc(-c2[c-]cccc2)nn1.OCc1ccnc(-c2[c-]cccc2)c1.[Ir].[Ir].[Ir].[Ir].[Ir].[Ir].[c-]1cc2ccccc2cc1-c1nccc2ccccc12.[c-]1ccc2ccccc2c1-c1cc2ccccc2cn1.[c-]1ccccc1-c1ccccn1.[c-]1ccsc1-c1cnccn1.[c-]1cnccc1-c1nccc2ccccc12. The maximum absolute atomic E-state index is 10.0. The molecule has 0 atom stereocenters. The van der Waals surface area contributed by atoms with Gasteiger partial charge in [-0.25, -0.2) is 11.3 Å². The summed E-state index contributed by atoms with van der Waals surface area (Å²) in [6.07, 6.45) is 21.1. The summed E-state index contributed by atoms with van der Waals surface area (Å²) >= 11 is 7.23. The van der Waals surface area contributed by atoms with E-state index in [0.717, 1.165) is 94.5 Å². The molecule has 19 aromatic rings. The Kier molecular flexibility index (Phi) is 53.2. The Morgan fingerprint density at radius 2 is 0.827 bits per heavy atom. The molecular formula is C108H86ClIr6N10O7S-7. The van der Waals surface area contributed by atoms with Crippen LogP contribution < -0.4 is 0 Å². The molecule has 9 aromatic heterocycles. The largest absolute Gasteiger partial charge is 0.512 e. The van der Waals surface area contributed by atoms with Gasteiger partial charge >= 0.3 is 0 Å². The average Bonchev–Trinajstić information content (AvgIpc) is 1.13. The van der Waals surface area contributed by atoms with Crippen LogP contribution in [0.15, 0.2) is 394 Å². The van der Waals surface area contributed by atoms with Gasteiger partial charge in [0.05, 0.1) is 23.9 Å². The molecule has 0 unspecified atom stereocenters. The third kappa shape index (κ3) is 38.6.